The minimum absolute atomic E-state index is 0.177. The van der Waals surface area contributed by atoms with Gasteiger partial charge in [0.25, 0.3) is 11.1 Å². The van der Waals surface area contributed by atoms with Gasteiger partial charge in [0, 0.05) is 13.6 Å². The van der Waals surface area contributed by atoms with Crippen LogP contribution >= 0.6 is 0 Å². The number of nitrogens with zero attached hydrogens (tertiary/aromatic N) is 2. The molecular weight excluding hydrogens is 384 g/mol. The van der Waals surface area contributed by atoms with Crippen LogP contribution in [-0.2, 0) is 20.0 Å². The topological polar surface area (TPSA) is 44.0 Å². The van der Waals surface area contributed by atoms with Crippen molar-refractivity contribution >= 4 is 12.2 Å². The third kappa shape index (κ3) is 4.64. The number of rotatable bonds is 5. The summed E-state index contributed by atoms with van der Waals surface area (Å²) in [4.78, 5) is 26.9. The molecule has 0 aliphatic carbocycles. The van der Waals surface area contributed by atoms with Gasteiger partial charge in [0.15, 0.2) is 0 Å². The average molecular weight is 409 g/mol. The Morgan fingerprint density at radius 1 is 0.645 bits per heavy atom. The van der Waals surface area contributed by atoms with E-state index in [0.717, 1.165) is 16.7 Å². The third-order valence-corrected chi connectivity index (χ3v) is 5.31. The second kappa shape index (κ2) is 9.26. The van der Waals surface area contributed by atoms with Crippen molar-refractivity contribution in [2.45, 2.75) is 13.0 Å². The highest BCUT2D eigenvalue weighted by Gasteiger charge is 2.09. The van der Waals surface area contributed by atoms with Gasteiger partial charge in [-0.15, -0.1) is 0 Å². The highest BCUT2D eigenvalue weighted by Crippen LogP contribution is 2.01. The van der Waals surface area contributed by atoms with Crippen molar-refractivity contribution in [3.63, 3.8) is 0 Å². The minimum atomic E-state index is -0.196. The maximum Gasteiger partial charge on any atom is 0.275 e. The first-order valence-electron chi connectivity index (χ1n) is 10.3. The molecule has 4 nitrogen and oxygen atoms in total. The molecule has 4 aromatic rings. The molecule has 4 rings (SSSR count). The first-order valence-corrected chi connectivity index (χ1v) is 10.3. The van der Waals surface area contributed by atoms with Crippen LogP contribution in [-0.4, -0.2) is 9.13 Å². The molecule has 154 valence electrons. The van der Waals surface area contributed by atoms with Gasteiger partial charge < -0.3 is 9.13 Å². The van der Waals surface area contributed by atoms with Crippen molar-refractivity contribution in [2.75, 3.05) is 0 Å². The van der Waals surface area contributed by atoms with E-state index in [9.17, 15) is 9.59 Å². The fourth-order valence-corrected chi connectivity index (χ4v) is 3.61. The predicted octanol–water partition coefficient (Wildman–Crippen LogP) is 2.45. The maximum absolute atomic E-state index is 13.5. The molecule has 0 N–H and O–H groups in total. The van der Waals surface area contributed by atoms with Gasteiger partial charge in [-0.25, -0.2) is 0 Å². The van der Waals surface area contributed by atoms with E-state index in [2.05, 4.69) is 0 Å². The Morgan fingerprint density at radius 2 is 1.13 bits per heavy atom. The van der Waals surface area contributed by atoms with Gasteiger partial charge in [-0.2, -0.15) is 0 Å². The summed E-state index contributed by atoms with van der Waals surface area (Å²) in [7, 11) is 1.66. The summed E-state index contributed by atoms with van der Waals surface area (Å²) < 4.78 is 3.06. The Kier molecular flexibility index (Phi) is 6.08. The molecule has 1 heterocycles. The Hall–Kier alpha value is -3.92. The van der Waals surface area contributed by atoms with Gasteiger partial charge in [0.1, 0.15) is 10.7 Å². The average Bonchev–Trinajstić information content (AvgIpc) is 2.82. The van der Waals surface area contributed by atoms with Gasteiger partial charge in [-0.3, -0.25) is 9.59 Å². The number of aromatic nitrogens is 2. The van der Waals surface area contributed by atoms with Crippen LogP contribution in [0.4, 0.5) is 0 Å². The number of hydrogen-bond acceptors (Lipinski definition) is 2. The zero-order valence-electron chi connectivity index (χ0n) is 17.4. The van der Waals surface area contributed by atoms with Crippen LogP contribution in [0.3, 0.4) is 0 Å². The Balaban J connectivity index is 1.94. The molecule has 4 heteroatoms. The number of aryl methyl sites for hydroxylation is 1. The lowest BCUT2D eigenvalue weighted by Crippen LogP contribution is -2.57. The second-order valence-electron chi connectivity index (χ2n) is 7.44. The molecule has 1 aromatic heterocycles. The maximum atomic E-state index is 13.5. The van der Waals surface area contributed by atoms with Gasteiger partial charge in [0.05, 0.1) is 0 Å². The molecule has 0 atom stereocenters. The molecule has 0 saturated carbocycles. The summed E-state index contributed by atoms with van der Waals surface area (Å²) in [6, 6.07) is 29.2. The quantitative estimate of drug-likeness (QED) is 0.509. The van der Waals surface area contributed by atoms with Crippen LogP contribution in [0.5, 0.6) is 0 Å². The first kappa shape index (κ1) is 20.4. The summed E-state index contributed by atoms with van der Waals surface area (Å²) in [5, 5.41) is 0.759. The van der Waals surface area contributed by atoms with Gasteiger partial charge in [0.2, 0.25) is 0 Å². The van der Waals surface area contributed by atoms with Gasteiger partial charge in [-0.1, -0.05) is 91.0 Å². The molecule has 0 aliphatic rings. The van der Waals surface area contributed by atoms with Gasteiger partial charge >= 0.3 is 0 Å². The van der Waals surface area contributed by atoms with E-state index in [-0.39, 0.29) is 11.1 Å². The molecule has 0 aliphatic heterocycles. The molecule has 3 aromatic carbocycles. The fourth-order valence-electron chi connectivity index (χ4n) is 3.61. The van der Waals surface area contributed by atoms with E-state index >= 15 is 0 Å². The molecule has 0 saturated heterocycles. The second-order valence-corrected chi connectivity index (χ2v) is 7.44. The van der Waals surface area contributed by atoms with E-state index < -0.39 is 0 Å². The van der Waals surface area contributed by atoms with Gasteiger partial charge in [-0.05, 0) is 35.3 Å². The standard InChI is InChI=1S/C27H24N2O2/c1-28-24(19-22-13-7-3-8-14-22)27(31)29(18-17-21-11-5-2-6-12-21)25(26(28)30)20-23-15-9-4-10-16-23/h2-16,19-20H,17-18H2,1H3/b24-19-,25-20-. The van der Waals surface area contributed by atoms with Crippen LogP contribution in [0.25, 0.3) is 12.2 Å². The summed E-state index contributed by atoms with van der Waals surface area (Å²) >= 11 is 0. The number of hydrogen-bond donors (Lipinski definition) is 0. The zero-order chi connectivity index (χ0) is 21.6. The van der Waals surface area contributed by atoms with Crippen molar-refractivity contribution in [3.8, 4) is 0 Å². The summed E-state index contributed by atoms with van der Waals surface area (Å²) in [6.45, 7) is 0.424. The molecule has 0 spiro atoms. The third-order valence-electron chi connectivity index (χ3n) is 5.31. The Morgan fingerprint density at radius 3 is 1.68 bits per heavy atom. The van der Waals surface area contributed by atoms with Crippen molar-refractivity contribution in [3.05, 3.63) is 139 Å². The van der Waals surface area contributed by atoms with Crippen LogP contribution < -0.4 is 21.8 Å². The Bertz CT molecular complexity index is 1400. The van der Waals surface area contributed by atoms with Crippen LogP contribution in [0.15, 0.2) is 101 Å². The number of benzene rings is 3. The molecule has 0 fully saturated rings. The van der Waals surface area contributed by atoms with E-state index in [1.165, 1.54) is 4.57 Å². The molecule has 0 unspecified atom stereocenters. The molecule has 0 radical (unpaired) electrons. The lowest BCUT2D eigenvalue weighted by molar-refractivity contribution is 0.604. The zero-order valence-corrected chi connectivity index (χ0v) is 17.4. The van der Waals surface area contributed by atoms with Crippen molar-refractivity contribution < 1.29 is 0 Å². The lowest BCUT2D eigenvalue weighted by Gasteiger charge is -2.10. The van der Waals surface area contributed by atoms with E-state index in [1.54, 1.807) is 23.8 Å². The van der Waals surface area contributed by atoms with E-state index in [1.807, 2.05) is 91.0 Å². The van der Waals surface area contributed by atoms with Crippen LogP contribution in [0.2, 0.25) is 0 Å². The van der Waals surface area contributed by atoms with Crippen LogP contribution in [0.1, 0.15) is 16.7 Å². The van der Waals surface area contributed by atoms with Crippen LogP contribution in [0, 0.1) is 0 Å². The molecule has 31 heavy (non-hydrogen) atoms. The highest BCUT2D eigenvalue weighted by molar-refractivity contribution is 5.49. The highest BCUT2D eigenvalue weighted by atomic mass is 16.1. The van der Waals surface area contributed by atoms with Crippen molar-refractivity contribution in [1.29, 1.82) is 0 Å². The summed E-state index contributed by atoms with van der Waals surface area (Å²) in [5.41, 5.74) is 2.51. The Labute approximate surface area is 180 Å². The minimum Gasteiger partial charge on any atom is -0.305 e. The van der Waals surface area contributed by atoms with E-state index in [0.29, 0.717) is 23.7 Å². The first-order chi connectivity index (χ1) is 15.1. The van der Waals surface area contributed by atoms with Crippen molar-refractivity contribution in [1.82, 2.24) is 9.13 Å². The van der Waals surface area contributed by atoms with E-state index in [4.69, 9.17) is 0 Å². The molecule has 0 amide bonds. The monoisotopic (exact) mass is 408 g/mol. The normalized spacial score (nSPS) is 12.3. The fraction of sp³-hybridized carbons (Fsp3) is 0.111. The smallest absolute Gasteiger partial charge is 0.275 e. The largest absolute Gasteiger partial charge is 0.305 e. The molecule has 0 bridgehead atoms. The summed E-state index contributed by atoms with van der Waals surface area (Å²) in [5.74, 6) is 0. The SMILES string of the molecule is Cn1c(=O)/c(=C/c2ccccc2)n(CCc2ccccc2)c(=O)/c1=C/c1ccccc1. The molecular formula is C27H24N2O2. The lowest BCUT2D eigenvalue weighted by atomic mass is 10.1. The summed E-state index contributed by atoms with van der Waals surface area (Å²) in [6.07, 6.45) is 4.23. The van der Waals surface area contributed by atoms with Crippen molar-refractivity contribution in [2.24, 2.45) is 7.05 Å². The predicted molar refractivity (Wildman–Crippen MR) is 125 cm³/mol.